The number of phenols is 1. The summed E-state index contributed by atoms with van der Waals surface area (Å²) in [4.78, 5) is -0.411. The number of aryl methyl sites for hydroxylation is 1. The first kappa shape index (κ1) is 14.0. The quantitative estimate of drug-likeness (QED) is 0.809. The number of phenolic OH excluding ortho intramolecular Hbond substituents is 1. The molecule has 1 heterocycles. The van der Waals surface area contributed by atoms with E-state index in [1.807, 2.05) is 0 Å². The molecule has 0 aliphatic rings. The Kier molecular flexibility index (Phi) is 3.62. The molecular formula is C10H9Cl2N3O3S. The molecule has 0 aliphatic heterocycles. The van der Waals surface area contributed by atoms with Crippen LogP contribution in [-0.4, -0.2) is 23.7 Å². The van der Waals surface area contributed by atoms with E-state index in [2.05, 4.69) is 14.9 Å². The van der Waals surface area contributed by atoms with Gasteiger partial charge in [-0.25, -0.2) is 8.42 Å². The van der Waals surface area contributed by atoms with Crippen LogP contribution in [0.3, 0.4) is 0 Å². The van der Waals surface area contributed by atoms with Crippen molar-refractivity contribution in [2.75, 3.05) is 4.72 Å². The molecule has 0 atom stereocenters. The Balaban J connectivity index is 2.45. The van der Waals surface area contributed by atoms with Crippen LogP contribution in [0.5, 0.6) is 5.75 Å². The largest absolute Gasteiger partial charge is 0.505 e. The summed E-state index contributed by atoms with van der Waals surface area (Å²) < 4.78 is 26.4. The molecule has 3 N–H and O–H groups in total. The minimum Gasteiger partial charge on any atom is -0.505 e. The van der Waals surface area contributed by atoms with Crippen LogP contribution in [0, 0.1) is 6.92 Å². The van der Waals surface area contributed by atoms with Crippen molar-refractivity contribution in [3.05, 3.63) is 33.9 Å². The number of anilines is 1. The van der Waals surface area contributed by atoms with Gasteiger partial charge in [-0.1, -0.05) is 23.2 Å². The number of nitrogens with zero attached hydrogens (tertiary/aromatic N) is 1. The SMILES string of the molecule is Cc1cc(NS(=O)(=O)c2cc(Cl)cc(Cl)c2O)n[nH]1. The Bertz CT molecular complexity index is 728. The summed E-state index contributed by atoms with van der Waals surface area (Å²) in [6.07, 6.45) is 0. The van der Waals surface area contributed by atoms with E-state index in [0.717, 1.165) is 6.07 Å². The molecule has 0 saturated heterocycles. The maximum atomic E-state index is 12.1. The number of halogens is 2. The molecule has 0 aliphatic carbocycles. The highest BCUT2D eigenvalue weighted by Crippen LogP contribution is 2.34. The summed E-state index contributed by atoms with van der Waals surface area (Å²) in [6, 6.07) is 3.85. The summed E-state index contributed by atoms with van der Waals surface area (Å²) in [5.74, 6) is -0.459. The summed E-state index contributed by atoms with van der Waals surface area (Å²) in [5.41, 5.74) is 0.686. The van der Waals surface area contributed by atoms with Crippen molar-refractivity contribution in [2.24, 2.45) is 0 Å². The van der Waals surface area contributed by atoms with Crippen molar-refractivity contribution in [1.82, 2.24) is 10.2 Å². The number of hydrogen-bond donors (Lipinski definition) is 3. The van der Waals surface area contributed by atoms with Gasteiger partial charge in [0.05, 0.1) is 5.02 Å². The molecule has 0 radical (unpaired) electrons. The Labute approximate surface area is 119 Å². The summed E-state index contributed by atoms with van der Waals surface area (Å²) >= 11 is 11.4. The van der Waals surface area contributed by atoms with Gasteiger partial charge in [0, 0.05) is 16.8 Å². The number of sulfonamides is 1. The molecule has 6 nitrogen and oxygen atoms in total. The van der Waals surface area contributed by atoms with E-state index in [-0.39, 0.29) is 15.9 Å². The lowest BCUT2D eigenvalue weighted by Gasteiger charge is -2.08. The fourth-order valence-electron chi connectivity index (χ4n) is 1.41. The van der Waals surface area contributed by atoms with Crippen LogP contribution in [-0.2, 0) is 10.0 Å². The first-order chi connectivity index (χ1) is 8.79. The summed E-state index contributed by atoms with van der Waals surface area (Å²) in [5, 5.41) is 16.0. The predicted molar refractivity (Wildman–Crippen MR) is 72.3 cm³/mol. The highest BCUT2D eigenvalue weighted by molar-refractivity contribution is 7.92. The maximum absolute atomic E-state index is 12.1. The number of rotatable bonds is 3. The zero-order valence-electron chi connectivity index (χ0n) is 9.61. The summed E-state index contributed by atoms with van der Waals surface area (Å²) in [6.45, 7) is 1.72. The van der Waals surface area contributed by atoms with Crippen molar-refractivity contribution in [2.45, 2.75) is 11.8 Å². The number of aromatic amines is 1. The Morgan fingerprint density at radius 1 is 1.32 bits per heavy atom. The molecule has 0 amide bonds. The molecule has 2 aromatic rings. The van der Waals surface area contributed by atoms with E-state index < -0.39 is 20.7 Å². The number of aromatic nitrogens is 2. The Hall–Kier alpha value is -1.44. The van der Waals surface area contributed by atoms with Crippen LogP contribution in [0.2, 0.25) is 10.0 Å². The van der Waals surface area contributed by atoms with Crippen molar-refractivity contribution < 1.29 is 13.5 Å². The first-order valence-electron chi connectivity index (χ1n) is 5.02. The average Bonchev–Trinajstić information content (AvgIpc) is 2.68. The minimum absolute atomic E-state index is 0.0985. The highest BCUT2D eigenvalue weighted by Gasteiger charge is 2.22. The molecule has 0 saturated carbocycles. The lowest BCUT2D eigenvalue weighted by molar-refractivity contribution is 0.459. The van der Waals surface area contributed by atoms with Crippen LogP contribution in [0.15, 0.2) is 23.1 Å². The van der Waals surface area contributed by atoms with Crippen LogP contribution < -0.4 is 4.72 Å². The van der Waals surface area contributed by atoms with Gasteiger partial charge in [0.2, 0.25) is 0 Å². The molecule has 19 heavy (non-hydrogen) atoms. The average molecular weight is 322 g/mol. The van der Waals surface area contributed by atoms with E-state index in [9.17, 15) is 13.5 Å². The van der Waals surface area contributed by atoms with E-state index in [1.54, 1.807) is 6.92 Å². The molecule has 9 heteroatoms. The standard InChI is InChI=1S/C10H9Cl2N3O3S/c1-5-2-9(14-13-5)15-19(17,18)8-4-6(11)3-7(12)10(8)16/h2-4,16H,1H3,(H2,13,14,15). The maximum Gasteiger partial charge on any atom is 0.266 e. The van der Waals surface area contributed by atoms with Gasteiger partial charge in [0.25, 0.3) is 10.0 Å². The monoisotopic (exact) mass is 321 g/mol. The topological polar surface area (TPSA) is 95.1 Å². The fraction of sp³-hybridized carbons (Fsp3) is 0.100. The van der Waals surface area contributed by atoms with Crippen LogP contribution >= 0.6 is 23.2 Å². The van der Waals surface area contributed by atoms with E-state index in [1.165, 1.54) is 12.1 Å². The fourth-order valence-corrected chi connectivity index (χ4v) is 3.16. The van der Waals surface area contributed by atoms with Crippen LogP contribution in [0.4, 0.5) is 5.82 Å². The molecule has 102 valence electrons. The zero-order chi connectivity index (χ0) is 14.2. The molecule has 0 fully saturated rings. The van der Waals surface area contributed by atoms with Gasteiger partial charge in [0.1, 0.15) is 4.90 Å². The Morgan fingerprint density at radius 2 is 2.00 bits per heavy atom. The van der Waals surface area contributed by atoms with Gasteiger partial charge in [0.15, 0.2) is 11.6 Å². The third kappa shape index (κ3) is 2.94. The van der Waals surface area contributed by atoms with E-state index >= 15 is 0 Å². The van der Waals surface area contributed by atoms with Crippen molar-refractivity contribution in [3.8, 4) is 5.75 Å². The number of hydrogen-bond acceptors (Lipinski definition) is 4. The third-order valence-corrected chi connectivity index (χ3v) is 4.10. The lowest BCUT2D eigenvalue weighted by Crippen LogP contribution is -2.13. The highest BCUT2D eigenvalue weighted by atomic mass is 35.5. The lowest BCUT2D eigenvalue weighted by atomic mass is 10.3. The number of H-pyrrole nitrogens is 1. The molecule has 0 unspecified atom stereocenters. The molecule has 2 rings (SSSR count). The van der Waals surface area contributed by atoms with Crippen molar-refractivity contribution in [1.29, 1.82) is 0 Å². The molecule has 1 aromatic heterocycles. The predicted octanol–water partition coefficient (Wildman–Crippen LogP) is 2.53. The second-order valence-electron chi connectivity index (χ2n) is 3.78. The smallest absolute Gasteiger partial charge is 0.266 e. The third-order valence-electron chi connectivity index (χ3n) is 2.23. The van der Waals surface area contributed by atoms with Crippen molar-refractivity contribution in [3.63, 3.8) is 0 Å². The number of benzene rings is 1. The molecular weight excluding hydrogens is 313 g/mol. The normalized spacial score (nSPS) is 11.5. The first-order valence-corrected chi connectivity index (χ1v) is 7.26. The van der Waals surface area contributed by atoms with Gasteiger partial charge in [-0.05, 0) is 19.1 Å². The number of nitrogens with one attached hydrogen (secondary N) is 2. The van der Waals surface area contributed by atoms with Gasteiger partial charge >= 0.3 is 0 Å². The van der Waals surface area contributed by atoms with Crippen LogP contribution in [0.25, 0.3) is 0 Å². The van der Waals surface area contributed by atoms with Gasteiger partial charge in [-0.15, -0.1) is 0 Å². The number of aromatic hydroxyl groups is 1. The van der Waals surface area contributed by atoms with Gasteiger partial charge < -0.3 is 5.11 Å². The second kappa shape index (κ2) is 4.92. The van der Waals surface area contributed by atoms with E-state index in [0.29, 0.717) is 5.69 Å². The second-order valence-corrected chi connectivity index (χ2v) is 6.27. The Morgan fingerprint density at radius 3 is 2.58 bits per heavy atom. The van der Waals surface area contributed by atoms with E-state index in [4.69, 9.17) is 23.2 Å². The molecule has 0 bridgehead atoms. The summed E-state index contributed by atoms with van der Waals surface area (Å²) in [7, 11) is -4.03. The van der Waals surface area contributed by atoms with Gasteiger partial charge in [-0.2, -0.15) is 5.10 Å². The van der Waals surface area contributed by atoms with Gasteiger partial charge in [-0.3, -0.25) is 9.82 Å². The van der Waals surface area contributed by atoms with Crippen molar-refractivity contribution >= 4 is 39.0 Å². The zero-order valence-corrected chi connectivity index (χ0v) is 11.9. The minimum atomic E-state index is -4.03. The van der Waals surface area contributed by atoms with Crippen LogP contribution in [0.1, 0.15) is 5.69 Å². The molecule has 0 spiro atoms. The molecule has 1 aromatic carbocycles.